The molecule has 4 nitrogen and oxygen atoms in total. The minimum absolute atomic E-state index is 0.0810. The quantitative estimate of drug-likeness (QED) is 0.892. The van der Waals surface area contributed by atoms with Gasteiger partial charge in [0.2, 0.25) is 0 Å². The predicted octanol–water partition coefficient (Wildman–Crippen LogP) is 2.75. The molecule has 0 bridgehead atoms. The number of imidazole rings is 1. The summed E-state index contributed by atoms with van der Waals surface area (Å²) in [5.41, 5.74) is 1.55. The Morgan fingerprint density at radius 1 is 1.35 bits per heavy atom. The molecule has 17 heavy (non-hydrogen) atoms. The van der Waals surface area contributed by atoms with E-state index in [2.05, 4.69) is 4.98 Å². The molecule has 0 spiro atoms. The molecular weight excluding hydrogens is 240 g/mol. The van der Waals surface area contributed by atoms with Crippen LogP contribution < -0.4 is 0 Å². The minimum Gasteiger partial charge on any atom is -0.476 e. The summed E-state index contributed by atoms with van der Waals surface area (Å²) in [4.78, 5) is 15.1. The second kappa shape index (κ2) is 4.22. The molecule has 1 aromatic heterocycles. The third-order valence-corrected chi connectivity index (χ3v) is 2.94. The monoisotopic (exact) mass is 250 g/mol. The molecule has 1 heterocycles. The van der Waals surface area contributed by atoms with Gasteiger partial charge in [-0.25, -0.2) is 9.78 Å². The Balaban J connectivity index is 2.56. The molecule has 2 rings (SSSR count). The van der Waals surface area contributed by atoms with Gasteiger partial charge in [0, 0.05) is 23.3 Å². The number of carboxylic acid groups (broad SMARTS) is 1. The maximum absolute atomic E-state index is 11.0. The highest BCUT2D eigenvalue weighted by molar-refractivity contribution is 6.30. The SMILES string of the molecule is Cc1c(C(=O)O)nc(-c2ccc(Cl)cc2)n1C. The summed E-state index contributed by atoms with van der Waals surface area (Å²) in [6, 6.07) is 7.13. The van der Waals surface area contributed by atoms with E-state index in [0.29, 0.717) is 16.5 Å². The standard InChI is InChI=1S/C12H11ClN2O2/c1-7-10(12(16)17)14-11(15(7)2)8-3-5-9(13)6-4-8/h3-6H,1-2H3,(H,16,17). The first-order valence-electron chi connectivity index (χ1n) is 5.03. The summed E-state index contributed by atoms with van der Waals surface area (Å²) in [5.74, 6) is -0.394. The van der Waals surface area contributed by atoms with Gasteiger partial charge in [-0.05, 0) is 31.2 Å². The Bertz CT molecular complexity index is 573. The van der Waals surface area contributed by atoms with Gasteiger partial charge >= 0.3 is 5.97 Å². The number of halogens is 1. The maximum Gasteiger partial charge on any atom is 0.356 e. The van der Waals surface area contributed by atoms with E-state index in [1.807, 2.05) is 12.1 Å². The first kappa shape index (κ1) is 11.7. The topological polar surface area (TPSA) is 55.1 Å². The molecule has 1 N–H and O–H groups in total. The largest absolute Gasteiger partial charge is 0.476 e. The Hall–Kier alpha value is -1.81. The van der Waals surface area contributed by atoms with Crippen molar-refractivity contribution in [2.24, 2.45) is 7.05 Å². The van der Waals surface area contributed by atoms with Gasteiger partial charge in [0.25, 0.3) is 0 Å². The molecule has 0 fully saturated rings. The summed E-state index contributed by atoms with van der Waals surface area (Å²) < 4.78 is 1.76. The fraction of sp³-hybridized carbons (Fsp3) is 0.167. The normalized spacial score (nSPS) is 10.5. The molecule has 0 aliphatic carbocycles. The maximum atomic E-state index is 11.0. The number of aromatic carboxylic acids is 1. The Morgan fingerprint density at radius 2 is 1.94 bits per heavy atom. The zero-order chi connectivity index (χ0) is 12.6. The van der Waals surface area contributed by atoms with Crippen LogP contribution >= 0.6 is 11.6 Å². The van der Waals surface area contributed by atoms with E-state index in [9.17, 15) is 4.79 Å². The van der Waals surface area contributed by atoms with Crippen LogP contribution in [0.2, 0.25) is 5.02 Å². The molecule has 0 amide bonds. The minimum atomic E-state index is -1.02. The van der Waals surface area contributed by atoms with Crippen LogP contribution in [0, 0.1) is 6.92 Å². The lowest BCUT2D eigenvalue weighted by atomic mass is 10.2. The van der Waals surface area contributed by atoms with Crippen LogP contribution in [0.5, 0.6) is 0 Å². The average molecular weight is 251 g/mol. The van der Waals surface area contributed by atoms with Gasteiger partial charge in [-0.2, -0.15) is 0 Å². The van der Waals surface area contributed by atoms with Crippen LogP contribution in [0.25, 0.3) is 11.4 Å². The van der Waals surface area contributed by atoms with Crippen LogP contribution in [0.15, 0.2) is 24.3 Å². The van der Waals surface area contributed by atoms with Crippen molar-refractivity contribution in [3.63, 3.8) is 0 Å². The highest BCUT2D eigenvalue weighted by Gasteiger charge is 2.17. The number of rotatable bonds is 2. The third-order valence-electron chi connectivity index (χ3n) is 2.69. The number of hydrogen-bond donors (Lipinski definition) is 1. The molecular formula is C12H11ClN2O2. The van der Waals surface area contributed by atoms with E-state index in [4.69, 9.17) is 16.7 Å². The molecule has 0 unspecified atom stereocenters. The van der Waals surface area contributed by atoms with Crippen molar-refractivity contribution in [1.82, 2.24) is 9.55 Å². The predicted molar refractivity (Wildman–Crippen MR) is 65.4 cm³/mol. The smallest absolute Gasteiger partial charge is 0.356 e. The fourth-order valence-corrected chi connectivity index (χ4v) is 1.77. The van der Waals surface area contributed by atoms with Crippen LogP contribution in [0.4, 0.5) is 0 Å². The van der Waals surface area contributed by atoms with Crippen LogP contribution in [-0.2, 0) is 7.05 Å². The third kappa shape index (κ3) is 2.03. The highest BCUT2D eigenvalue weighted by atomic mass is 35.5. The summed E-state index contributed by atoms with van der Waals surface area (Å²) in [7, 11) is 1.79. The van der Waals surface area contributed by atoms with E-state index >= 15 is 0 Å². The van der Waals surface area contributed by atoms with E-state index in [1.165, 1.54) is 0 Å². The first-order chi connectivity index (χ1) is 8.00. The van der Waals surface area contributed by atoms with Crippen molar-refractivity contribution in [3.8, 4) is 11.4 Å². The molecule has 0 atom stereocenters. The van der Waals surface area contributed by atoms with Crippen molar-refractivity contribution < 1.29 is 9.90 Å². The van der Waals surface area contributed by atoms with E-state index in [-0.39, 0.29) is 5.69 Å². The summed E-state index contributed by atoms with van der Waals surface area (Å²) in [5, 5.41) is 9.63. The second-order valence-electron chi connectivity index (χ2n) is 3.74. The van der Waals surface area contributed by atoms with E-state index in [0.717, 1.165) is 5.56 Å². The number of aromatic nitrogens is 2. The molecule has 0 radical (unpaired) electrons. The summed E-state index contributed by atoms with van der Waals surface area (Å²) in [6.07, 6.45) is 0. The van der Waals surface area contributed by atoms with Gasteiger partial charge in [0.05, 0.1) is 0 Å². The van der Waals surface area contributed by atoms with Gasteiger partial charge in [-0.15, -0.1) is 0 Å². The van der Waals surface area contributed by atoms with Crippen LogP contribution in [0.1, 0.15) is 16.2 Å². The Labute approximate surface area is 103 Å². The number of hydrogen-bond acceptors (Lipinski definition) is 2. The van der Waals surface area contributed by atoms with Crippen molar-refractivity contribution in [1.29, 1.82) is 0 Å². The van der Waals surface area contributed by atoms with Gasteiger partial charge < -0.3 is 9.67 Å². The van der Waals surface area contributed by atoms with Gasteiger partial charge in [0.1, 0.15) is 5.82 Å². The van der Waals surface area contributed by atoms with Crippen molar-refractivity contribution in [2.45, 2.75) is 6.92 Å². The zero-order valence-corrected chi connectivity index (χ0v) is 10.2. The van der Waals surface area contributed by atoms with Crippen LogP contribution in [0.3, 0.4) is 0 Å². The van der Waals surface area contributed by atoms with E-state index in [1.54, 1.807) is 30.7 Å². The molecule has 5 heteroatoms. The number of carbonyl (C=O) groups is 1. The molecule has 0 saturated heterocycles. The number of nitrogens with zero attached hydrogens (tertiary/aromatic N) is 2. The van der Waals surface area contributed by atoms with Gasteiger partial charge in [-0.1, -0.05) is 11.6 Å². The molecule has 2 aromatic rings. The van der Waals surface area contributed by atoms with E-state index < -0.39 is 5.97 Å². The average Bonchev–Trinajstić information content (AvgIpc) is 2.58. The van der Waals surface area contributed by atoms with Crippen molar-refractivity contribution >= 4 is 17.6 Å². The van der Waals surface area contributed by atoms with Crippen molar-refractivity contribution in [3.05, 3.63) is 40.7 Å². The Morgan fingerprint density at radius 3 is 2.41 bits per heavy atom. The molecule has 0 aliphatic heterocycles. The lowest BCUT2D eigenvalue weighted by Crippen LogP contribution is -2.00. The molecule has 0 aliphatic rings. The Kier molecular flexibility index (Phi) is 2.90. The molecule has 88 valence electrons. The lowest BCUT2D eigenvalue weighted by molar-refractivity contribution is 0.0690. The number of benzene rings is 1. The number of carboxylic acids is 1. The lowest BCUT2D eigenvalue weighted by Gasteiger charge is -2.02. The zero-order valence-electron chi connectivity index (χ0n) is 9.44. The van der Waals surface area contributed by atoms with Gasteiger partial charge in [-0.3, -0.25) is 0 Å². The summed E-state index contributed by atoms with van der Waals surface area (Å²) in [6.45, 7) is 1.73. The highest BCUT2D eigenvalue weighted by Crippen LogP contribution is 2.22. The first-order valence-corrected chi connectivity index (χ1v) is 5.41. The fourth-order valence-electron chi connectivity index (χ4n) is 1.64. The molecule has 0 saturated carbocycles. The molecule has 1 aromatic carbocycles. The van der Waals surface area contributed by atoms with Crippen LogP contribution in [-0.4, -0.2) is 20.6 Å². The van der Waals surface area contributed by atoms with Crippen molar-refractivity contribution in [2.75, 3.05) is 0 Å². The van der Waals surface area contributed by atoms with Gasteiger partial charge in [0.15, 0.2) is 5.69 Å². The second-order valence-corrected chi connectivity index (χ2v) is 4.18. The summed E-state index contributed by atoms with van der Waals surface area (Å²) >= 11 is 5.80.